The Balaban J connectivity index is 2.52. The zero-order valence-corrected chi connectivity index (χ0v) is 12.9. The third kappa shape index (κ3) is 5.38. The van der Waals surface area contributed by atoms with Gasteiger partial charge in [-0.25, -0.2) is 0 Å². The topological polar surface area (TPSA) is 41.1 Å². The van der Waals surface area contributed by atoms with Crippen molar-refractivity contribution < 1.29 is 4.79 Å². The van der Waals surface area contributed by atoms with Gasteiger partial charge in [0.1, 0.15) is 0 Å². The molecule has 0 aromatic heterocycles. The van der Waals surface area contributed by atoms with Crippen LogP contribution in [0.25, 0.3) is 0 Å². The van der Waals surface area contributed by atoms with Crippen molar-refractivity contribution in [1.29, 1.82) is 0 Å². The van der Waals surface area contributed by atoms with Crippen molar-refractivity contribution in [2.24, 2.45) is 11.3 Å². The van der Waals surface area contributed by atoms with Gasteiger partial charge in [-0.3, -0.25) is 4.79 Å². The maximum Gasteiger partial charge on any atom is 0.223 e. The maximum absolute atomic E-state index is 12.3. The molecule has 1 aliphatic rings. The van der Waals surface area contributed by atoms with E-state index in [9.17, 15) is 4.79 Å². The Hall–Kier alpha value is -0.570. The number of amides is 1. The lowest BCUT2D eigenvalue weighted by molar-refractivity contribution is -0.128. The van der Waals surface area contributed by atoms with Gasteiger partial charge in [-0.15, -0.1) is 0 Å². The number of hydrogen-bond acceptors (Lipinski definition) is 2. The third-order valence-electron chi connectivity index (χ3n) is 3.43. The molecule has 1 heterocycles. The number of carbonyl (C=O) groups excluding carboxylic acids is 1. The zero-order valence-electron chi connectivity index (χ0n) is 12.9. The van der Waals surface area contributed by atoms with Crippen molar-refractivity contribution in [2.45, 2.75) is 72.4 Å². The second kappa shape index (κ2) is 5.60. The van der Waals surface area contributed by atoms with E-state index in [-0.39, 0.29) is 22.8 Å². The molecule has 0 bridgehead atoms. The van der Waals surface area contributed by atoms with Crippen LogP contribution in [0, 0.1) is 11.3 Å². The normalized spacial score (nSPS) is 25.9. The van der Waals surface area contributed by atoms with Gasteiger partial charge in [-0.05, 0) is 52.0 Å². The first kappa shape index (κ1) is 15.5. The molecule has 0 unspecified atom stereocenters. The van der Waals surface area contributed by atoms with Gasteiger partial charge in [0.15, 0.2) is 0 Å². The molecule has 0 aliphatic carbocycles. The largest absolute Gasteiger partial charge is 0.351 e. The maximum atomic E-state index is 12.3. The van der Waals surface area contributed by atoms with Gasteiger partial charge in [-0.2, -0.15) is 0 Å². The summed E-state index contributed by atoms with van der Waals surface area (Å²) in [5.41, 5.74) is 0.113. The summed E-state index contributed by atoms with van der Waals surface area (Å²) in [5, 5.41) is 6.62. The van der Waals surface area contributed by atoms with Gasteiger partial charge in [0.05, 0.1) is 0 Å². The van der Waals surface area contributed by atoms with Gasteiger partial charge < -0.3 is 10.6 Å². The molecule has 106 valence electrons. The smallest absolute Gasteiger partial charge is 0.223 e. The summed E-state index contributed by atoms with van der Waals surface area (Å²) in [4.78, 5) is 12.3. The van der Waals surface area contributed by atoms with Crippen molar-refractivity contribution in [1.82, 2.24) is 10.6 Å². The van der Waals surface area contributed by atoms with Crippen molar-refractivity contribution >= 4 is 5.91 Å². The van der Waals surface area contributed by atoms with Crippen molar-refractivity contribution in [3.8, 4) is 0 Å². The molecule has 1 amide bonds. The van der Waals surface area contributed by atoms with Gasteiger partial charge >= 0.3 is 0 Å². The van der Waals surface area contributed by atoms with Gasteiger partial charge in [0.2, 0.25) is 5.91 Å². The highest BCUT2D eigenvalue weighted by Gasteiger charge is 2.31. The van der Waals surface area contributed by atoms with Crippen molar-refractivity contribution in [3.63, 3.8) is 0 Å². The molecule has 3 heteroatoms. The second-order valence-corrected chi connectivity index (χ2v) is 7.69. The lowest BCUT2D eigenvalue weighted by atomic mass is 9.81. The van der Waals surface area contributed by atoms with Gasteiger partial charge in [0.25, 0.3) is 0 Å². The summed E-state index contributed by atoms with van der Waals surface area (Å²) >= 11 is 0. The Labute approximate surface area is 112 Å². The van der Waals surface area contributed by atoms with Crippen LogP contribution >= 0.6 is 0 Å². The molecule has 0 aromatic carbocycles. The van der Waals surface area contributed by atoms with E-state index >= 15 is 0 Å². The van der Waals surface area contributed by atoms with E-state index in [0.717, 1.165) is 25.8 Å². The summed E-state index contributed by atoms with van der Waals surface area (Å²) < 4.78 is 0. The highest BCUT2D eigenvalue weighted by molar-refractivity contribution is 5.79. The molecule has 2 atom stereocenters. The molecule has 2 N–H and O–H groups in total. The molecule has 0 saturated carbocycles. The van der Waals surface area contributed by atoms with E-state index in [4.69, 9.17) is 0 Å². The van der Waals surface area contributed by atoms with Crippen LogP contribution in [-0.4, -0.2) is 24.0 Å². The molecular formula is C15H30N2O. The Morgan fingerprint density at radius 2 is 1.89 bits per heavy atom. The SMILES string of the molecule is C[C@H]1C[C@@H](C(=O)NC(C)(C)CC(C)(C)C)CCN1. The van der Waals surface area contributed by atoms with Crippen LogP contribution in [0.5, 0.6) is 0 Å². The fraction of sp³-hybridized carbons (Fsp3) is 0.933. The summed E-state index contributed by atoms with van der Waals surface area (Å²) in [6.07, 6.45) is 2.91. The molecule has 1 aliphatic heterocycles. The summed E-state index contributed by atoms with van der Waals surface area (Å²) in [6, 6.07) is 0.459. The highest BCUT2D eigenvalue weighted by atomic mass is 16.2. The van der Waals surface area contributed by atoms with E-state index < -0.39 is 0 Å². The first-order valence-electron chi connectivity index (χ1n) is 7.14. The number of carbonyl (C=O) groups is 1. The Bertz CT molecular complexity index is 291. The number of piperidine rings is 1. The average molecular weight is 254 g/mol. The fourth-order valence-electron chi connectivity index (χ4n) is 3.18. The molecular weight excluding hydrogens is 224 g/mol. The number of rotatable bonds is 3. The number of hydrogen-bond donors (Lipinski definition) is 2. The molecule has 3 nitrogen and oxygen atoms in total. The summed E-state index contributed by atoms with van der Waals surface area (Å²) in [5.74, 6) is 0.415. The van der Waals surface area contributed by atoms with Crippen molar-refractivity contribution in [3.05, 3.63) is 0 Å². The molecule has 0 radical (unpaired) electrons. The second-order valence-electron chi connectivity index (χ2n) is 7.69. The zero-order chi connectivity index (χ0) is 14.0. The Morgan fingerprint density at radius 3 is 2.39 bits per heavy atom. The van der Waals surface area contributed by atoms with Crippen LogP contribution in [0.2, 0.25) is 0 Å². The van der Waals surface area contributed by atoms with Gasteiger partial charge in [0, 0.05) is 17.5 Å². The first-order chi connectivity index (χ1) is 8.09. The van der Waals surface area contributed by atoms with Crippen LogP contribution in [0.15, 0.2) is 0 Å². The minimum Gasteiger partial charge on any atom is -0.351 e. The molecule has 0 spiro atoms. The Kier molecular flexibility index (Phi) is 4.82. The predicted octanol–water partition coefficient (Wildman–Crippen LogP) is 2.71. The summed E-state index contributed by atoms with van der Waals surface area (Å²) in [7, 11) is 0. The average Bonchev–Trinajstić information content (AvgIpc) is 2.12. The van der Waals surface area contributed by atoms with Crippen molar-refractivity contribution in [2.75, 3.05) is 6.54 Å². The van der Waals surface area contributed by atoms with Crippen LogP contribution in [-0.2, 0) is 4.79 Å². The van der Waals surface area contributed by atoms with E-state index in [2.05, 4.69) is 52.2 Å². The minimum atomic E-state index is -0.122. The molecule has 1 rings (SSSR count). The van der Waals surface area contributed by atoms with E-state index in [0.29, 0.717) is 6.04 Å². The van der Waals surface area contributed by atoms with Crippen LogP contribution in [0.1, 0.15) is 60.8 Å². The molecule has 1 fully saturated rings. The van der Waals surface area contributed by atoms with E-state index in [1.807, 2.05) is 0 Å². The van der Waals surface area contributed by atoms with Gasteiger partial charge in [-0.1, -0.05) is 20.8 Å². The lowest BCUT2D eigenvalue weighted by Gasteiger charge is -2.36. The molecule has 0 aromatic rings. The fourth-order valence-corrected chi connectivity index (χ4v) is 3.18. The quantitative estimate of drug-likeness (QED) is 0.813. The van der Waals surface area contributed by atoms with E-state index in [1.165, 1.54) is 0 Å². The monoisotopic (exact) mass is 254 g/mol. The minimum absolute atomic E-state index is 0.122. The standard InChI is InChI=1S/C15H30N2O/c1-11-9-12(7-8-16-11)13(18)17-15(5,6)10-14(2,3)4/h11-12,16H,7-10H2,1-6H3,(H,17,18)/t11-,12-/m0/s1. The Morgan fingerprint density at radius 1 is 1.28 bits per heavy atom. The van der Waals surface area contributed by atoms with E-state index in [1.54, 1.807) is 0 Å². The van der Waals surface area contributed by atoms with Crippen LogP contribution in [0.3, 0.4) is 0 Å². The molecule has 18 heavy (non-hydrogen) atoms. The van der Waals surface area contributed by atoms with Crippen LogP contribution in [0.4, 0.5) is 0 Å². The highest BCUT2D eigenvalue weighted by Crippen LogP contribution is 2.27. The molecule has 1 saturated heterocycles. The number of nitrogens with one attached hydrogen (secondary N) is 2. The predicted molar refractivity (Wildman–Crippen MR) is 76.5 cm³/mol. The summed E-state index contributed by atoms with van der Waals surface area (Å²) in [6.45, 7) is 14.0. The lowest BCUT2D eigenvalue weighted by Crippen LogP contribution is -2.50. The third-order valence-corrected chi connectivity index (χ3v) is 3.43. The van der Waals surface area contributed by atoms with Crippen LogP contribution < -0.4 is 10.6 Å². The first-order valence-corrected chi connectivity index (χ1v) is 7.14.